The van der Waals surface area contributed by atoms with E-state index in [0.717, 1.165) is 11.1 Å². The Kier molecular flexibility index (Phi) is 4.13. The molecule has 5 heteroatoms. The van der Waals surface area contributed by atoms with Crippen molar-refractivity contribution in [1.82, 2.24) is 0 Å². The third-order valence-electron chi connectivity index (χ3n) is 4.73. The summed E-state index contributed by atoms with van der Waals surface area (Å²) < 4.78 is 0. The summed E-state index contributed by atoms with van der Waals surface area (Å²) in [7, 11) is 0. The number of rotatable bonds is 3. The lowest BCUT2D eigenvalue weighted by Crippen LogP contribution is -2.47. The van der Waals surface area contributed by atoms with E-state index in [1.807, 2.05) is 18.2 Å². The highest BCUT2D eigenvalue weighted by Crippen LogP contribution is 2.44. The van der Waals surface area contributed by atoms with Gasteiger partial charge in [0.05, 0.1) is 11.8 Å². The van der Waals surface area contributed by atoms with Crippen LogP contribution in [0.5, 0.6) is 0 Å². The lowest BCUT2D eigenvalue weighted by molar-refractivity contribution is -0.556. The van der Waals surface area contributed by atoms with Crippen LogP contribution in [-0.4, -0.2) is 16.2 Å². The van der Waals surface area contributed by atoms with Gasteiger partial charge < -0.3 is 0 Å². The van der Waals surface area contributed by atoms with Crippen molar-refractivity contribution in [2.75, 3.05) is 0 Å². The zero-order chi connectivity index (χ0) is 17.2. The molecule has 2 atom stereocenters. The summed E-state index contributed by atoms with van der Waals surface area (Å²) in [6, 6.07) is 19.9. The van der Waals surface area contributed by atoms with Crippen molar-refractivity contribution < 1.29 is 9.72 Å². The lowest BCUT2D eigenvalue weighted by Gasteiger charge is -2.34. The van der Waals surface area contributed by atoms with E-state index < -0.39 is 22.3 Å². The minimum Gasteiger partial charge on any atom is -0.298 e. The van der Waals surface area contributed by atoms with E-state index in [-0.39, 0.29) is 18.6 Å². The van der Waals surface area contributed by atoms with Gasteiger partial charge in [-0.2, -0.15) is 5.26 Å². The number of nitrogens with zero attached hydrogens (tertiary/aromatic N) is 2. The third kappa shape index (κ3) is 2.67. The third-order valence-corrected chi connectivity index (χ3v) is 4.73. The zero-order valence-electron chi connectivity index (χ0n) is 13.0. The molecule has 0 heterocycles. The van der Waals surface area contributed by atoms with E-state index in [1.54, 1.807) is 48.5 Å². The fourth-order valence-corrected chi connectivity index (χ4v) is 3.42. The zero-order valence-corrected chi connectivity index (χ0v) is 13.0. The van der Waals surface area contributed by atoms with Crippen molar-refractivity contribution in [3.63, 3.8) is 0 Å². The molecule has 1 saturated carbocycles. The van der Waals surface area contributed by atoms with Gasteiger partial charge in [0.25, 0.3) is 0 Å². The standard InChI is InChI=1S/C19H16N2O3/c20-13-19(21(23)24)11-16(14-7-3-1-4-8-14)18(22)17(12-19)15-9-5-2-6-10-15/h1-10,16-17H,11-12H2. The minimum absolute atomic E-state index is 0.0554. The molecule has 3 rings (SSSR count). The Morgan fingerprint density at radius 3 is 1.71 bits per heavy atom. The SMILES string of the molecule is N#CC1([N+](=O)[O-])CC(c2ccccc2)C(=O)C(c2ccccc2)C1. The number of ketones is 1. The Morgan fingerprint density at radius 2 is 1.38 bits per heavy atom. The Bertz CT molecular complexity index is 745. The maximum atomic E-state index is 13.0. The summed E-state index contributed by atoms with van der Waals surface area (Å²) in [5, 5.41) is 21.2. The maximum Gasteiger partial charge on any atom is 0.307 e. The molecule has 2 aromatic rings. The molecule has 5 nitrogen and oxygen atoms in total. The van der Waals surface area contributed by atoms with Crippen LogP contribution in [0.15, 0.2) is 60.7 Å². The molecule has 0 aliphatic heterocycles. The number of hydrogen-bond acceptors (Lipinski definition) is 4. The minimum atomic E-state index is -1.74. The van der Waals surface area contributed by atoms with Crippen LogP contribution in [0.1, 0.15) is 35.8 Å². The fourth-order valence-electron chi connectivity index (χ4n) is 3.42. The quantitative estimate of drug-likeness (QED) is 0.640. The highest BCUT2D eigenvalue weighted by molar-refractivity contribution is 5.93. The first kappa shape index (κ1) is 15.9. The van der Waals surface area contributed by atoms with Crippen LogP contribution < -0.4 is 0 Å². The van der Waals surface area contributed by atoms with Crippen molar-refractivity contribution in [1.29, 1.82) is 5.26 Å². The van der Waals surface area contributed by atoms with Gasteiger partial charge in [-0.25, -0.2) is 0 Å². The van der Waals surface area contributed by atoms with Gasteiger partial charge in [-0.05, 0) is 11.1 Å². The van der Waals surface area contributed by atoms with Crippen LogP contribution in [0.4, 0.5) is 0 Å². The van der Waals surface area contributed by atoms with E-state index in [4.69, 9.17) is 0 Å². The second-order valence-corrected chi connectivity index (χ2v) is 6.14. The van der Waals surface area contributed by atoms with Gasteiger partial charge in [0, 0.05) is 17.8 Å². The van der Waals surface area contributed by atoms with Gasteiger partial charge in [0.15, 0.2) is 0 Å². The van der Waals surface area contributed by atoms with Crippen molar-refractivity contribution in [3.05, 3.63) is 81.9 Å². The number of Topliss-reactive ketones (excluding diaryl/α,β-unsaturated/α-hetero) is 1. The van der Waals surface area contributed by atoms with Crippen LogP contribution in [0.3, 0.4) is 0 Å². The van der Waals surface area contributed by atoms with Gasteiger partial charge in [0.2, 0.25) is 0 Å². The monoisotopic (exact) mass is 320 g/mol. The number of benzene rings is 2. The van der Waals surface area contributed by atoms with E-state index in [2.05, 4.69) is 0 Å². The molecule has 1 aliphatic rings. The molecule has 1 aliphatic carbocycles. The summed E-state index contributed by atoms with van der Waals surface area (Å²) in [6.45, 7) is 0. The Morgan fingerprint density at radius 1 is 0.958 bits per heavy atom. The largest absolute Gasteiger partial charge is 0.307 e. The van der Waals surface area contributed by atoms with Crippen molar-refractivity contribution in [2.24, 2.45) is 0 Å². The Hall–Kier alpha value is -3.00. The van der Waals surface area contributed by atoms with Gasteiger partial charge in [-0.3, -0.25) is 14.9 Å². The molecule has 0 saturated heterocycles. The normalized spacial score (nSPS) is 26.5. The fraction of sp³-hybridized carbons (Fsp3) is 0.263. The smallest absolute Gasteiger partial charge is 0.298 e. The van der Waals surface area contributed by atoms with Crippen LogP contribution in [0, 0.1) is 21.4 Å². The first-order valence-electron chi connectivity index (χ1n) is 7.77. The van der Waals surface area contributed by atoms with Crippen molar-refractivity contribution in [3.8, 4) is 6.07 Å². The summed E-state index contributed by atoms with van der Waals surface area (Å²) in [5.74, 6) is -1.34. The number of carbonyl (C=O) groups excluding carboxylic acids is 1. The van der Waals surface area contributed by atoms with Crippen LogP contribution in [-0.2, 0) is 4.79 Å². The molecule has 2 aromatic carbocycles. The van der Waals surface area contributed by atoms with Crippen molar-refractivity contribution >= 4 is 5.78 Å². The molecule has 0 spiro atoms. The second kappa shape index (κ2) is 6.25. The van der Waals surface area contributed by atoms with Crippen LogP contribution >= 0.6 is 0 Å². The Balaban J connectivity index is 2.09. The average Bonchev–Trinajstić information content (AvgIpc) is 2.63. The van der Waals surface area contributed by atoms with Gasteiger partial charge in [-0.15, -0.1) is 0 Å². The van der Waals surface area contributed by atoms with Gasteiger partial charge in [-0.1, -0.05) is 60.7 Å². The molecule has 0 radical (unpaired) electrons. The second-order valence-electron chi connectivity index (χ2n) is 6.14. The molecule has 0 bridgehead atoms. The summed E-state index contributed by atoms with van der Waals surface area (Å²) in [4.78, 5) is 24.1. The van der Waals surface area contributed by atoms with Crippen LogP contribution in [0.25, 0.3) is 0 Å². The molecule has 2 unspecified atom stereocenters. The van der Waals surface area contributed by atoms with E-state index >= 15 is 0 Å². The number of hydrogen-bond donors (Lipinski definition) is 0. The number of nitro groups is 1. The van der Waals surface area contributed by atoms with E-state index in [0.29, 0.717) is 0 Å². The molecular formula is C19H16N2O3. The highest BCUT2D eigenvalue weighted by atomic mass is 16.6. The van der Waals surface area contributed by atoms with Gasteiger partial charge in [0.1, 0.15) is 11.9 Å². The topological polar surface area (TPSA) is 84.0 Å². The van der Waals surface area contributed by atoms with Crippen LogP contribution in [0.2, 0.25) is 0 Å². The summed E-state index contributed by atoms with van der Waals surface area (Å²) in [6.07, 6.45) is -0.161. The first-order valence-corrected chi connectivity index (χ1v) is 7.77. The van der Waals surface area contributed by atoms with Gasteiger partial charge >= 0.3 is 5.54 Å². The number of nitriles is 1. The maximum absolute atomic E-state index is 13.0. The predicted octanol–water partition coefficient (Wildman–Crippen LogP) is 3.46. The first-order chi connectivity index (χ1) is 11.6. The van der Waals surface area contributed by atoms with E-state index in [9.17, 15) is 20.2 Å². The molecule has 120 valence electrons. The summed E-state index contributed by atoms with van der Waals surface area (Å²) in [5.41, 5.74) is -0.288. The van der Waals surface area contributed by atoms with Crippen molar-refractivity contribution in [2.45, 2.75) is 30.2 Å². The van der Waals surface area contributed by atoms with E-state index in [1.165, 1.54) is 0 Å². The lowest BCUT2D eigenvalue weighted by atomic mass is 9.66. The molecule has 24 heavy (non-hydrogen) atoms. The molecule has 0 amide bonds. The molecule has 0 N–H and O–H groups in total. The number of carbonyl (C=O) groups is 1. The predicted molar refractivity (Wildman–Crippen MR) is 87.9 cm³/mol. The molecular weight excluding hydrogens is 304 g/mol. The Labute approximate surface area is 139 Å². The molecule has 0 aromatic heterocycles. The highest BCUT2D eigenvalue weighted by Gasteiger charge is 2.55. The molecule has 1 fully saturated rings. The summed E-state index contributed by atoms with van der Waals surface area (Å²) >= 11 is 0. The average molecular weight is 320 g/mol.